The Kier molecular flexibility index (Phi) is 4.42. The molecule has 1 atom stereocenters. The number of amides is 1. The molecule has 21 heavy (non-hydrogen) atoms. The third-order valence-electron chi connectivity index (χ3n) is 3.43. The highest BCUT2D eigenvalue weighted by Gasteiger charge is 2.19. The van der Waals surface area contributed by atoms with Crippen molar-refractivity contribution in [2.24, 2.45) is 14.1 Å². The van der Waals surface area contributed by atoms with Gasteiger partial charge in [0.15, 0.2) is 0 Å². The Balaban J connectivity index is 2.20. The highest BCUT2D eigenvalue weighted by Crippen LogP contribution is 2.05. The molecule has 1 aliphatic rings. The third-order valence-corrected chi connectivity index (χ3v) is 3.43. The van der Waals surface area contributed by atoms with Gasteiger partial charge in [-0.3, -0.25) is 14.2 Å². The van der Waals surface area contributed by atoms with Gasteiger partial charge in [-0.15, -0.1) is 0 Å². The van der Waals surface area contributed by atoms with Gasteiger partial charge in [-0.1, -0.05) is 0 Å². The maximum atomic E-state index is 12.1. The van der Waals surface area contributed by atoms with Gasteiger partial charge in [-0.05, 0) is 13.0 Å². The molecule has 0 aromatic carbocycles. The quantitative estimate of drug-likeness (QED) is 0.679. The van der Waals surface area contributed by atoms with E-state index in [0.717, 1.165) is 4.57 Å². The summed E-state index contributed by atoms with van der Waals surface area (Å²) in [5.41, 5.74) is -0.516. The minimum absolute atomic E-state index is 0.0153. The second-order valence-electron chi connectivity index (χ2n) is 5.14. The van der Waals surface area contributed by atoms with Crippen LogP contribution in [0.5, 0.6) is 0 Å². The second kappa shape index (κ2) is 6.09. The smallest absolute Gasteiger partial charge is 0.330 e. The minimum atomic E-state index is -0.419. The first-order valence-corrected chi connectivity index (χ1v) is 6.75. The molecule has 0 radical (unpaired) electrons. The number of ether oxygens (including phenoxy) is 1. The van der Waals surface area contributed by atoms with Crippen molar-refractivity contribution in [2.45, 2.75) is 13.0 Å². The Bertz CT molecular complexity index is 686. The molecule has 1 saturated heterocycles. The molecule has 1 aromatic rings. The molecule has 1 aliphatic heterocycles. The van der Waals surface area contributed by atoms with Crippen LogP contribution < -0.4 is 11.2 Å². The molecule has 7 nitrogen and oxygen atoms in total. The molecule has 1 aromatic heterocycles. The zero-order valence-electron chi connectivity index (χ0n) is 12.4. The van der Waals surface area contributed by atoms with E-state index in [1.54, 1.807) is 11.9 Å². The summed E-state index contributed by atoms with van der Waals surface area (Å²) in [4.78, 5) is 37.3. The van der Waals surface area contributed by atoms with Crippen molar-refractivity contribution in [1.82, 2.24) is 14.0 Å². The lowest BCUT2D eigenvalue weighted by molar-refractivity contribution is -0.132. The van der Waals surface area contributed by atoms with E-state index in [-0.39, 0.29) is 12.0 Å². The number of aryl methyl sites for hydroxylation is 1. The highest BCUT2D eigenvalue weighted by molar-refractivity contribution is 5.91. The maximum Gasteiger partial charge on any atom is 0.330 e. The molecule has 2 heterocycles. The predicted octanol–water partition coefficient (Wildman–Crippen LogP) is -0.655. The van der Waals surface area contributed by atoms with Gasteiger partial charge in [-0.2, -0.15) is 0 Å². The molecule has 0 aliphatic carbocycles. The number of carbonyl (C=O) groups is 1. The first-order valence-electron chi connectivity index (χ1n) is 6.75. The van der Waals surface area contributed by atoms with Gasteiger partial charge in [0.25, 0.3) is 5.56 Å². The lowest BCUT2D eigenvalue weighted by atomic mass is 10.2. The van der Waals surface area contributed by atoms with Gasteiger partial charge in [-0.25, -0.2) is 4.79 Å². The molecule has 0 N–H and O–H groups in total. The van der Waals surface area contributed by atoms with Crippen LogP contribution in [0.2, 0.25) is 0 Å². The maximum absolute atomic E-state index is 12.1. The Morgan fingerprint density at radius 1 is 1.38 bits per heavy atom. The number of rotatable bonds is 2. The molecule has 2 rings (SSSR count). The van der Waals surface area contributed by atoms with Gasteiger partial charge in [0.2, 0.25) is 5.91 Å². The summed E-state index contributed by atoms with van der Waals surface area (Å²) < 4.78 is 7.70. The van der Waals surface area contributed by atoms with E-state index in [1.165, 1.54) is 30.0 Å². The lowest BCUT2D eigenvalue weighted by Gasteiger charge is -2.30. The summed E-state index contributed by atoms with van der Waals surface area (Å²) in [5.74, 6) is -0.166. The lowest BCUT2D eigenvalue weighted by Crippen LogP contribution is -2.43. The van der Waals surface area contributed by atoms with Crippen LogP contribution in [0, 0.1) is 0 Å². The Morgan fingerprint density at radius 3 is 2.76 bits per heavy atom. The average Bonchev–Trinajstić information content (AvgIpc) is 2.47. The van der Waals surface area contributed by atoms with E-state index in [0.29, 0.717) is 25.3 Å². The van der Waals surface area contributed by atoms with Crippen molar-refractivity contribution in [3.8, 4) is 0 Å². The number of hydrogen-bond donors (Lipinski definition) is 0. The zero-order valence-corrected chi connectivity index (χ0v) is 12.4. The molecule has 0 saturated carbocycles. The normalized spacial score (nSPS) is 19.2. The molecule has 1 unspecified atom stereocenters. The van der Waals surface area contributed by atoms with Crippen LogP contribution >= 0.6 is 0 Å². The molecule has 1 fully saturated rings. The summed E-state index contributed by atoms with van der Waals surface area (Å²) in [6.45, 7) is 3.50. The second-order valence-corrected chi connectivity index (χ2v) is 5.14. The van der Waals surface area contributed by atoms with Gasteiger partial charge in [0.1, 0.15) is 0 Å². The fraction of sp³-hybridized carbons (Fsp3) is 0.500. The SMILES string of the molecule is CC1CN(C(=O)/C=C/c2cn(C)c(=O)n(C)c2=O)CCO1. The van der Waals surface area contributed by atoms with Crippen LogP contribution in [-0.4, -0.2) is 45.7 Å². The summed E-state index contributed by atoms with van der Waals surface area (Å²) in [6, 6.07) is 0. The first kappa shape index (κ1) is 15.2. The Hall–Kier alpha value is -2.15. The van der Waals surface area contributed by atoms with Gasteiger partial charge >= 0.3 is 5.69 Å². The van der Waals surface area contributed by atoms with Crippen molar-refractivity contribution in [2.75, 3.05) is 19.7 Å². The summed E-state index contributed by atoms with van der Waals surface area (Å²) in [7, 11) is 2.97. The van der Waals surface area contributed by atoms with Crippen LogP contribution in [0.15, 0.2) is 21.9 Å². The molecule has 0 bridgehead atoms. The fourth-order valence-electron chi connectivity index (χ4n) is 2.24. The average molecular weight is 293 g/mol. The first-order chi connectivity index (χ1) is 9.90. The standard InChI is InChI=1S/C14H19N3O4/c1-10-8-17(6-7-21-10)12(18)5-4-11-9-15(2)14(20)16(3)13(11)19/h4-5,9-10H,6-8H2,1-3H3/b5-4+. The third kappa shape index (κ3) is 3.30. The van der Waals surface area contributed by atoms with E-state index in [1.807, 2.05) is 6.92 Å². The fourth-order valence-corrected chi connectivity index (χ4v) is 2.24. The van der Waals surface area contributed by atoms with Crippen LogP contribution in [-0.2, 0) is 23.6 Å². The van der Waals surface area contributed by atoms with E-state index < -0.39 is 11.2 Å². The molecule has 1 amide bonds. The van der Waals surface area contributed by atoms with Crippen molar-refractivity contribution in [3.05, 3.63) is 38.7 Å². The van der Waals surface area contributed by atoms with E-state index >= 15 is 0 Å². The van der Waals surface area contributed by atoms with Crippen LogP contribution in [0.3, 0.4) is 0 Å². The van der Waals surface area contributed by atoms with Gasteiger partial charge in [0, 0.05) is 39.5 Å². The van der Waals surface area contributed by atoms with Crippen LogP contribution in [0.1, 0.15) is 12.5 Å². The molecule has 0 spiro atoms. The minimum Gasteiger partial charge on any atom is -0.375 e. The molecule has 7 heteroatoms. The predicted molar refractivity (Wildman–Crippen MR) is 78.0 cm³/mol. The van der Waals surface area contributed by atoms with Crippen molar-refractivity contribution in [1.29, 1.82) is 0 Å². The van der Waals surface area contributed by atoms with Crippen molar-refractivity contribution >= 4 is 12.0 Å². The Morgan fingerprint density at radius 2 is 2.10 bits per heavy atom. The molecule has 114 valence electrons. The van der Waals surface area contributed by atoms with Crippen molar-refractivity contribution in [3.63, 3.8) is 0 Å². The van der Waals surface area contributed by atoms with E-state index in [2.05, 4.69) is 0 Å². The van der Waals surface area contributed by atoms with Crippen LogP contribution in [0.25, 0.3) is 6.08 Å². The van der Waals surface area contributed by atoms with Gasteiger partial charge < -0.3 is 14.2 Å². The zero-order chi connectivity index (χ0) is 15.6. The summed E-state index contributed by atoms with van der Waals surface area (Å²) in [5, 5.41) is 0. The number of aromatic nitrogens is 2. The number of carbonyl (C=O) groups excluding carboxylic acids is 1. The number of morpholine rings is 1. The Labute approximate surface area is 122 Å². The van der Waals surface area contributed by atoms with Crippen molar-refractivity contribution < 1.29 is 9.53 Å². The largest absolute Gasteiger partial charge is 0.375 e. The summed E-state index contributed by atoms with van der Waals surface area (Å²) in [6.07, 6.45) is 4.25. The van der Waals surface area contributed by atoms with Gasteiger partial charge in [0.05, 0.1) is 18.3 Å². The topological polar surface area (TPSA) is 73.5 Å². The monoisotopic (exact) mass is 293 g/mol. The van der Waals surface area contributed by atoms with E-state index in [9.17, 15) is 14.4 Å². The highest BCUT2D eigenvalue weighted by atomic mass is 16.5. The van der Waals surface area contributed by atoms with Crippen LogP contribution in [0.4, 0.5) is 0 Å². The molecular weight excluding hydrogens is 274 g/mol. The number of hydrogen-bond acceptors (Lipinski definition) is 4. The summed E-state index contributed by atoms with van der Waals surface area (Å²) >= 11 is 0. The number of nitrogens with zero attached hydrogens (tertiary/aromatic N) is 3. The molecular formula is C14H19N3O4. The van der Waals surface area contributed by atoms with E-state index in [4.69, 9.17) is 4.74 Å².